The predicted octanol–water partition coefficient (Wildman–Crippen LogP) is 4.09. The number of nitro benzene ring substituents is 1. The van der Waals surface area contributed by atoms with Gasteiger partial charge in [0.1, 0.15) is 5.01 Å². The van der Waals surface area contributed by atoms with Crippen LogP contribution in [0.2, 0.25) is 0 Å². The number of nitro groups is 1. The number of thiazole rings is 1. The number of nitrogens with zero attached hydrogens (tertiary/aromatic N) is 2. The smallest absolute Gasteiger partial charge is 0.270 e. The SMILES string of the molecule is CCCNC(C)c1csc(-c2cc([N+](=O)[O-])ccc2C)n1. The van der Waals surface area contributed by atoms with E-state index in [-0.39, 0.29) is 16.7 Å². The molecule has 0 bridgehead atoms. The summed E-state index contributed by atoms with van der Waals surface area (Å²) in [6.45, 7) is 7.09. The molecule has 0 spiro atoms. The number of aromatic nitrogens is 1. The number of benzene rings is 1. The average Bonchev–Trinajstić information content (AvgIpc) is 2.94. The van der Waals surface area contributed by atoms with Crippen LogP contribution in [0.15, 0.2) is 23.6 Å². The third kappa shape index (κ3) is 3.65. The van der Waals surface area contributed by atoms with Crippen LogP contribution < -0.4 is 5.32 Å². The number of aryl methyl sites for hydroxylation is 1. The van der Waals surface area contributed by atoms with Crippen molar-refractivity contribution in [2.45, 2.75) is 33.2 Å². The predicted molar refractivity (Wildman–Crippen MR) is 85.7 cm³/mol. The minimum absolute atomic E-state index is 0.101. The molecular weight excluding hydrogens is 286 g/mol. The highest BCUT2D eigenvalue weighted by Crippen LogP contribution is 2.31. The summed E-state index contributed by atoms with van der Waals surface area (Å²) < 4.78 is 0. The van der Waals surface area contributed by atoms with Gasteiger partial charge in [0.15, 0.2) is 0 Å². The zero-order chi connectivity index (χ0) is 15.4. The molecule has 112 valence electrons. The Balaban J connectivity index is 2.29. The van der Waals surface area contributed by atoms with Crippen molar-refractivity contribution in [3.05, 3.63) is 45.0 Å². The molecule has 5 nitrogen and oxygen atoms in total. The normalized spacial score (nSPS) is 12.3. The Morgan fingerprint density at radius 3 is 2.90 bits per heavy atom. The van der Waals surface area contributed by atoms with Crippen molar-refractivity contribution in [2.75, 3.05) is 6.54 Å². The first-order chi connectivity index (χ1) is 10.0. The maximum absolute atomic E-state index is 10.9. The van der Waals surface area contributed by atoms with Crippen LogP contribution >= 0.6 is 11.3 Å². The van der Waals surface area contributed by atoms with E-state index in [1.54, 1.807) is 12.1 Å². The zero-order valence-corrected chi connectivity index (χ0v) is 13.2. The molecule has 1 heterocycles. The van der Waals surface area contributed by atoms with E-state index in [4.69, 9.17) is 0 Å². The summed E-state index contributed by atoms with van der Waals surface area (Å²) in [5.41, 5.74) is 2.91. The van der Waals surface area contributed by atoms with Gasteiger partial charge in [-0.15, -0.1) is 11.3 Å². The summed E-state index contributed by atoms with van der Waals surface area (Å²) in [4.78, 5) is 15.2. The van der Waals surface area contributed by atoms with E-state index in [0.717, 1.165) is 34.8 Å². The van der Waals surface area contributed by atoms with E-state index >= 15 is 0 Å². The molecule has 1 unspecified atom stereocenters. The van der Waals surface area contributed by atoms with Crippen molar-refractivity contribution in [2.24, 2.45) is 0 Å². The van der Waals surface area contributed by atoms with Crippen LogP contribution in [-0.4, -0.2) is 16.5 Å². The number of hydrogen-bond donors (Lipinski definition) is 1. The first-order valence-corrected chi connectivity index (χ1v) is 7.85. The topological polar surface area (TPSA) is 68.1 Å². The van der Waals surface area contributed by atoms with Crippen molar-refractivity contribution in [3.63, 3.8) is 0 Å². The summed E-state index contributed by atoms with van der Waals surface area (Å²) in [5.74, 6) is 0. The highest BCUT2D eigenvalue weighted by molar-refractivity contribution is 7.13. The van der Waals surface area contributed by atoms with E-state index in [0.29, 0.717) is 0 Å². The van der Waals surface area contributed by atoms with Gasteiger partial charge in [0.2, 0.25) is 0 Å². The minimum atomic E-state index is -0.372. The van der Waals surface area contributed by atoms with E-state index < -0.39 is 0 Å². The van der Waals surface area contributed by atoms with Crippen molar-refractivity contribution in [1.82, 2.24) is 10.3 Å². The molecule has 1 aromatic carbocycles. The molecular formula is C15H19N3O2S. The highest BCUT2D eigenvalue weighted by Gasteiger charge is 2.15. The first kappa shape index (κ1) is 15.6. The molecule has 21 heavy (non-hydrogen) atoms. The summed E-state index contributed by atoms with van der Waals surface area (Å²) in [7, 11) is 0. The third-order valence-electron chi connectivity index (χ3n) is 3.33. The Kier molecular flexibility index (Phi) is 5.03. The fraction of sp³-hybridized carbons (Fsp3) is 0.400. The van der Waals surface area contributed by atoms with Gasteiger partial charge in [-0.2, -0.15) is 0 Å². The zero-order valence-electron chi connectivity index (χ0n) is 12.4. The highest BCUT2D eigenvalue weighted by atomic mass is 32.1. The Bertz CT molecular complexity index is 640. The van der Waals surface area contributed by atoms with Crippen LogP contribution in [0.4, 0.5) is 5.69 Å². The minimum Gasteiger partial charge on any atom is -0.309 e. The van der Waals surface area contributed by atoms with Gasteiger partial charge in [0, 0.05) is 29.1 Å². The van der Waals surface area contributed by atoms with Gasteiger partial charge in [0.05, 0.1) is 10.6 Å². The standard InChI is InChI=1S/C15H19N3O2S/c1-4-7-16-11(3)14-9-21-15(17-14)13-8-12(18(19)20)6-5-10(13)2/h5-6,8-9,11,16H,4,7H2,1-3H3. The van der Waals surface area contributed by atoms with E-state index in [1.165, 1.54) is 17.4 Å². The molecule has 2 rings (SSSR count). The van der Waals surface area contributed by atoms with Crippen LogP contribution in [0.5, 0.6) is 0 Å². The van der Waals surface area contributed by atoms with Crippen molar-refractivity contribution < 1.29 is 4.92 Å². The third-order valence-corrected chi connectivity index (χ3v) is 4.22. The van der Waals surface area contributed by atoms with E-state index in [1.807, 2.05) is 12.3 Å². The van der Waals surface area contributed by atoms with Gasteiger partial charge in [0.25, 0.3) is 5.69 Å². The molecule has 6 heteroatoms. The van der Waals surface area contributed by atoms with Gasteiger partial charge in [-0.05, 0) is 32.4 Å². The van der Waals surface area contributed by atoms with Crippen molar-refractivity contribution in [1.29, 1.82) is 0 Å². The Labute approximate surface area is 128 Å². The Morgan fingerprint density at radius 2 is 2.24 bits per heavy atom. The number of hydrogen-bond acceptors (Lipinski definition) is 5. The molecule has 0 aliphatic heterocycles. The van der Waals surface area contributed by atoms with Gasteiger partial charge in [-0.3, -0.25) is 10.1 Å². The summed E-state index contributed by atoms with van der Waals surface area (Å²) in [5, 5.41) is 17.1. The molecule has 0 saturated carbocycles. The molecule has 0 saturated heterocycles. The Morgan fingerprint density at radius 1 is 1.48 bits per heavy atom. The lowest BCUT2D eigenvalue weighted by Gasteiger charge is -2.09. The maximum Gasteiger partial charge on any atom is 0.270 e. The molecule has 0 radical (unpaired) electrons. The van der Waals surface area contributed by atoms with Gasteiger partial charge >= 0.3 is 0 Å². The number of nitrogens with one attached hydrogen (secondary N) is 1. The Hall–Kier alpha value is -1.79. The number of rotatable bonds is 6. The van der Waals surface area contributed by atoms with Crippen LogP contribution in [0.3, 0.4) is 0 Å². The van der Waals surface area contributed by atoms with Crippen LogP contribution in [0, 0.1) is 17.0 Å². The summed E-state index contributed by atoms with van der Waals surface area (Å²) in [6.07, 6.45) is 1.07. The summed E-state index contributed by atoms with van der Waals surface area (Å²) in [6, 6.07) is 5.09. The second-order valence-corrected chi connectivity index (χ2v) is 5.87. The molecule has 0 amide bonds. The molecule has 1 aromatic heterocycles. The molecule has 1 N–H and O–H groups in total. The van der Waals surface area contributed by atoms with Gasteiger partial charge in [-0.25, -0.2) is 4.98 Å². The fourth-order valence-corrected chi connectivity index (χ4v) is 3.02. The molecule has 0 aliphatic rings. The molecule has 1 atom stereocenters. The molecule has 2 aromatic rings. The fourth-order valence-electron chi connectivity index (χ4n) is 2.03. The molecule has 0 aliphatic carbocycles. The molecule has 0 fully saturated rings. The van der Waals surface area contributed by atoms with Crippen LogP contribution in [0.1, 0.15) is 37.6 Å². The lowest BCUT2D eigenvalue weighted by Crippen LogP contribution is -2.19. The maximum atomic E-state index is 10.9. The summed E-state index contributed by atoms with van der Waals surface area (Å²) >= 11 is 1.53. The van der Waals surface area contributed by atoms with Crippen molar-refractivity contribution in [3.8, 4) is 10.6 Å². The lowest BCUT2D eigenvalue weighted by molar-refractivity contribution is -0.384. The van der Waals surface area contributed by atoms with Gasteiger partial charge in [-0.1, -0.05) is 13.0 Å². The second-order valence-electron chi connectivity index (χ2n) is 5.01. The van der Waals surface area contributed by atoms with E-state index in [9.17, 15) is 10.1 Å². The van der Waals surface area contributed by atoms with Crippen LogP contribution in [0.25, 0.3) is 10.6 Å². The average molecular weight is 305 g/mol. The number of non-ortho nitro benzene ring substituents is 1. The second kappa shape index (κ2) is 6.78. The first-order valence-electron chi connectivity index (χ1n) is 6.97. The monoisotopic (exact) mass is 305 g/mol. The van der Waals surface area contributed by atoms with Gasteiger partial charge < -0.3 is 5.32 Å². The lowest BCUT2D eigenvalue weighted by atomic mass is 10.1. The van der Waals surface area contributed by atoms with Crippen molar-refractivity contribution >= 4 is 17.0 Å². The van der Waals surface area contributed by atoms with E-state index in [2.05, 4.69) is 24.1 Å². The largest absolute Gasteiger partial charge is 0.309 e. The quantitative estimate of drug-likeness (QED) is 0.645. The van der Waals surface area contributed by atoms with Crippen LogP contribution in [-0.2, 0) is 0 Å².